The third-order valence-corrected chi connectivity index (χ3v) is 21.0. The largest absolute Gasteiger partial charge is 0.536 e. The van der Waals surface area contributed by atoms with Gasteiger partial charge in [0.1, 0.15) is 0 Å². The molecule has 0 amide bonds. The number of halogens is 1. The zero-order chi connectivity index (χ0) is 49.0. The molecule has 0 bridgehead atoms. The molecule has 0 unspecified atom stereocenters. The van der Waals surface area contributed by atoms with Crippen LogP contribution in [0.3, 0.4) is 0 Å². The van der Waals surface area contributed by atoms with Crippen LogP contribution >= 0.6 is 15.9 Å². The molecule has 2 rings (SSSR count). The molecule has 376 valence electrons. The van der Waals surface area contributed by atoms with E-state index in [1.807, 2.05) is 54.6 Å². The SMILES string of the molecule is C=C[Si](OC)(OC)OC.CCCCCCCCCCCCCCCC[Si](OC)(OC)OC.CO[Si](OC)(OC)c1ccc(Br)cc1.CO[Si](OC)(OC)c1ccccc1.OCCCO. The molecule has 0 radical (unpaired) electrons. The van der Waals surface area contributed by atoms with E-state index in [4.69, 9.17) is 63.3 Å². The molecule has 64 heavy (non-hydrogen) atoms. The van der Waals surface area contributed by atoms with Crippen molar-refractivity contribution >= 4 is 61.5 Å². The molecule has 0 atom stereocenters. The normalized spacial score (nSPS) is 11.5. The highest BCUT2D eigenvalue weighted by Gasteiger charge is 2.41. The van der Waals surface area contributed by atoms with Crippen LogP contribution in [0.2, 0.25) is 6.04 Å². The highest BCUT2D eigenvalue weighted by molar-refractivity contribution is 9.10. The van der Waals surface area contributed by atoms with Crippen LogP contribution in [0.15, 0.2) is 71.3 Å². The van der Waals surface area contributed by atoms with Crippen molar-refractivity contribution in [2.24, 2.45) is 0 Å². The molecule has 0 saturated heterocycles. The highest BCUT2D eigenvalue weighted by atomic mass is 79.9. The summed E-state index contributed by atoms with van der Waals surface area (Å²) >= 11 is 3.37. The first-order valence-electron chi connectivity index (χ1n) is 22.2. The molecule has 0 spiro atoms. The smallest absolute Gasteiger partial charge is 0.396 e. The van der Waals surface area contributed by atoms with Crippen molar-refractivity contribution in [1.29, 1.82) is 0 Å². The zero-order valence-electron chi connectivity index (χ0n) is 41.9. The quantitative estimate of drug-likeness (QED) is 0.0532. The van der Waals surface area contributed by atoms with E-state index in [9.17, 15) is 0 Å². The van der Waals surface area contributed by atoms with Crippen molar-refractivity contribution in [1.82, 2.24) is 0 Å². The van der Waals surface area contributed by atoms with Crippen molar-refractivity contribution in [3.63, 3.8) is 0 Å². The lowest BCUT2D eigenvalue weighted by molar-refractivity contribution is 0.122. The van der Waals surface area contributed by atoms with Gasteiger partial charge in [-0.05, 0) is 30.7 Å². The van der Waals surface area contributed by atoms with Crippen LogP contribution in [0.4, 0.5) is 0 Å². The number of aliphatic hydroxyl groups is 2. The van der Waals surface area contributed by atoms with Crippen LogP contribution in [-0.4, -0.2) is 144 Å². The summed E-state index contributed by atoms with van der Waals surface area (Å²) in [5.41, 5.74) is 1.58. The summed E-state index contributed by atoms with van der Waals surface area (Å²) in [6, 6.07) is 18.4. The van der Waals surface area contributed by atoms with Crippen LogP contribution < -0.4 is 10.4 Å². The molecule has 0 aliphatic heterocycles. The van der Waals surface area contributed by atoms with Gasteiger partial charge in [-0.2, -0.15) is 0 Å². The number of hydrogen-bond acceptors (Lipinski definition) is 14. The molecule has 0 aromatic heterocycles. The maximum Gasteiger partial charge on any atom is 0.536 e. The lowest BCUT2D eigenvalue weighted by Gasteiger charge is -2.24. The summed E-state index contributed by atoms with van der Waals surface area (Å²) in [4.78, 5) is 0. The van der Waals surface area contributed by atoms with Crippen molar-refractivity contribution in [3.05, 3.63) is 71.3 Å². The lowest BCUT2D eigenvalue weighted by atomic mass is 10.0. The first kappa shape index (κ1) is 67.2. The van der Waals surface area contributed by atoms with Gasteiger partial charge in [0.25, 0.3) is 0 Å². The second-order valence-electron chi connectivity index (χ2n) is 14.1. The van der Waals surface area contributed by atoms with Gasteiger partial charge in [-0.15, -0.1) is 0 Å². The Morgan fingerprint density at radius 1 is 0.438 bits per heavy atom. The topological polar surface area (TPSA) is 151 Å². The second-order valence-corrected chi connectivity index (χ2v) is 26.7. The van der Waals surface area contributed by atoms with E-state index in [1.165, 1.54) is 83.5 Å². The molecule has 0 saturated carbocycles. The van der Waals surface area contributed by atoms with Gasteiger partial charge in [-0.3, -0.25) is 0 Å². The van der Waals surface area contributed by atoms with E-state index >= 15 is 0 Å². The molecular weight excluding hydrogens is 957 g/mol. The van der Waals surface area contributed by atoms with E-state index < -0.39 is 35.2 Å². The van der Waals surface area contributed by atoms with E-state index in [-0.39, 0.29) is 13.2 Å². The molecule has 2 aromatic rings. The number of hydrogen-bond donors (Lipinski definition) is 2. The Kier molecular flexibility index (Phi) is 46.7. The third kappa shape index (κ3) is 29.0. The molecule has 14 nitrogen and oxygen atoms in total. The number of rotatable bonds is 32. The maximum absolute atomic E-state index is 7.91. The van der Waals surface area contributed by atoms with Gasteiger partial charge >= 0.3 is 35.2 Å². The molecule has 2 N–H and O–H groups in total. The highest BCUT2D eigenvalue weighted by Crippen LogP contribution is 2.19. The minimum Gasteiger partial charge on any atom is -0.396 e. The predicted molar refractivity (Wildman–Crippen MR) is 271 cm³/mol. The van der Waals surface area contributed by atoms with E-state index in [0.29, 0.717) is 6.42 Å². The molecule has 19 heteroatoms. The van der Waals surface area contributed by atoms with Crippen LogP contribution in [0, 0.1) is 0 Å². The van der Waals surface area contributed by atoms with Crippen molar-refractivity contribution < 1.29 is 63.3 Å². The van der Waals surface area contributed by atoms with Crippen LogP contribution in [0.1, 0.15) is 103 Å². The Morgan fingerprint density at radius 2 is 0.766 bits per heavy atom. The summed E-state index contributed by atoms with van der Waals surface area (Å²) in [6.45, 7) is 6.00. The van der Waals surface area contributed by atoms with Crippen molar-refractivity contribution in [2.75, 3.05) is 98.5 Å². The summed E-state index contributed by atoms with van der Waals surface area (Å²) in [6.07, 6.45) is 19.9. The van der Waals surface area contributed by atoms with E-state index in [2.05, 4.69) is 29.4 Å². The van der Waals surface area contributed by atoms with E-state index in [1.54, 1.807) is 91.0 Å². The minimum absolute atomic E-state index is 0.0938. The van der Waals surface area contributed by atoms with Crippen LogP contribution in [0.25, 0.3) is 0 Å². The minimum atomic E-state index is -2.64. The molecule has 0 aliphatic carbocycles. The van der Waals surface area contributed by atoms with Crippen molar-refractivity contribution in [3.8, 4) is 0 Å². The van der Waals surface area contributed by atoms with Gasteiger partial charge in [-0.1, -0.05) is 155 Å². The van der Waals surface area contributed by atoms with Crippen molar-refractivity contribution in [2.45, 2.75) is 109 Å². The Morgan fingerprint density at radius 3 is 1.02 bits per heavy atom. The third-order valence-electron chi connectivity index (χ3n) is 10.1. The monoisotopic (exact) mass is 1040 g/mol. The standard InChI is InChI=1S/C19H42O3Si.C9H13BrO3Si.C9H14O3Si.C5H12O3Si.C3H8O2/c1-5-6-7-8-9-10-11-12-13-14-15-16-17-18-19-23(20-2,21-3)22-4;1-11-14(12-2,13-3)9-6-4-8(10)5-7-9;1-10-13(11-2,12-3)9-7-5-4-6-8-9;1-5-9(6-2,7-3)8-4;4-2-1-3-5/h5-19H2,1-4H3;4-7H,1-3H3;4-8H,1-3H3;5H,1H2,2-4H3;4-5H,1-3H2. The molecule has 0 fully saturated rings. The van der Waals surface area contributed by atoms with Gasteiger partial charge < -0.3 is 63.3 Å². The first-order chi connectivity index (χ1) is 30.9. The Labute approximate surface area is 402 Å². The average Bonchev–Trinajstić information content (AvgIpc) is 3.35. The fraction of sp³-hybridized carbons (Fsp3) is 0.689. The predicted octanol–water partition coefficient (Wildman–Crippen LogP) is 8.60. The lowest BCUT2D eigenvalue weighted by Crippen LogP contribution is -2.54. The summed E-state index contributed by atoms with van der Waals surface area (Å²) in [5, 5.41) is 17.7. The molecular formula is C45H89BrO14Si4. The number of unbranched alkanes of at least 4 members (excludes halogenated alkanes) is 13. The zero-order valence-corrected chi connectivity index (χ0v) is 47.5. The maximum atomic E-state index is 7.91. The summed E-state index contributed by atoms with van der Waals surface area (Å²) in [5.74, 6) is 0. The summed E-state index contributed by atoms with van der Waals surface area (Å²) < 4.78 is 64.2. The Hall–Kier alpha value is -1.03. The summed E-state index contributed by atoms with van der Waals surface area (Å²) in [7, 11) is 9.35. The van der Waals surface area contributed by atoms with Crippen LogP contribution in [-0.2, 0) is 53.1 Å². The van der Waals surface area contributed by atoms with Crippen LogP contribution in [0.5, 0.6) is 0 Å². The van der Waals surface area contributed by atoms with Gasteiger partial charge in [0.2, 0.25) is 0 Å². The van der Waals surface area contributed by atoms with Gasteiger partial charge in [0.05, 0.1) is 0 Å². The van der Waals surface area contributed by atoms with Gasteiger partial charge in [-0.25, -0.2) is 0 Å². The Balaban J connectivity index is -0.000000784. The van der Waals surface area contributed by atoms with Gasteiger partial charge in [0, 0.05) is 119 Å². The number of benzene rings is 2. The van der Waals surface area contributed by atoms with Gasteiger partial charge in [0.15, 0.2) is 0 Å². The number of aliphatic hydroxyl groups excluding tert-OH is 2. The first-order valence-corrected chi connectivity index (χ1v) is 30.1. The van der Waals surface area contributed by atoms with E-state index in [0.717, 1.165) is 27.3 Å². The average molecular weight is 1050 g/mol. The molecule has 0 aliphatic rings. The Bertz CT molecular complexity index is 1240. The fourth-order valence-electron chi connectivity index (χ4n) is 6.17. The molecule has 0 heterocycles. The fourth-order valence-corrected chi connectivity index (χ4v) is 12.8. The molecule has 2 aromatic carbocycles. The second kappa shape index (κ2) is 44.5.